The number of nitrogens with two attached hydrogens (primary N) is 1. The molecule has 4 aromatic rings. The van der Waals surface area contributed by atoms with E-state index in [4.69, 9.17) is 27.2 Å². The SMILES string of the molecule is CCCc1nn(-c2ccccc2)c2c1C1(C(=O)N(Cc3ccccc3Cl)c3ccccc31)C(C#N)=C(N)O2. The Morgan fingerprint density at radius 2 is 1.76 bits per heavy atom. The second-order valence-electron chi connectivity index (χ2n) is 9.33. The summed E-state index contributed by atoms with van der Waals surface area (Å²) in [5.41, 5.74) is 9.18. The van der Waals surface area contributed by atoms with Gasteiger partial charge in [-0.1, -0.05) is 79.5 Å². The summed E-state index contributed by atoms with van der Waals surface area (Å²) >= 11 is 6.50. The maximum atomic E-state index is 14.8. The molecule has 8 heteroatoms. The molecular weight excluding hydrogens is 498 g/mol. The molecule has 0 fully saturated rings. The van der Waals surface area contributed by atoms with Crippen LogP contribution in [0.4, 0.5) is 5.69 Å². The fourth-order valence-corrected chi connectivity index (χ4v) is 5.76. The molecule has 1 unspecified atom stereocenters. The molecule has 0 saturated carbocycles. The first-order chi connectivity index (χ1) is 18.5. The number of carbonyl (C=O) groups is 1. The molecular formula is C30H24ClN5O2. The highest BCUT2D eigenvalue weighted by molar-refractivity contribution is 6.31. The molecule has 0 bridgehead atoms. The first-order valence-corrected chi connectivity index (χ1v) is 12.8. The van der Waals surface area contributed by atoms with Crippen LogP contribution >= 0.6 is 11.6 Å². The Bertz CT molecular complexity index is 1650. The minimum atomic E-state index is -1.50. The number of ether oxygens (including phenoxy) is 1. The van der Waals surface area contributed by atoms with Crippen LogP contribution in [0.5, 0.6) is 5.88 Å². The second kappa shape index (κ2) is 9.09. The fourth-order valence-electron chi connectivity index (χ4n) is 5.57. The van der Waals surface area contributed by atoms with Gasteiger partial charge in [-0.25, -0.2) is 4.68 Å². The summed E-state index contributed by atoms with van der Waals surface area (Å²) in [4.78, 5) is 16.5. The van der Waals surface area contributed by atoms with Crippen molar-refractivity contribution in [1.82, 2.24) is 9.78 Å². The Balaban J connectivity index is 1.66. The highest BCUT2D eigenvalue weighted by Gasteiger charge is 2.61. The van der Waals surface area contributed by atoms with Crippen molar-refractivity contribution in [2.45, 2.75) is 31.7 Å². The number of anilines is 1. The van der Waals surface area contributed by atoms with Gasteiger partial charge in [0.25, 0.3) is 0 Å². The lowest BCUT2D eigenvalue weighted by Crippen LogP contribution is -2.46. The fraction of sp³-hybridized carbons (Fsp3) is 0.167. The van der Waals surface area contributed by atoms with E-state index < -0.39 is 5.41 Å². The summed E-state index contributed by atoms with van der Waals surface area (Å²) in [5.74, 6) is -0.0468. The van der Waals surface area contributed by atoms with E-state index in [9.17, 15) is 10.1 Å². The molecule has 1 aromatic heterocycles. The maximum absolute atomic E-state index is 14.8. The first-order valence-electron chi connectivity index (χ1n) is 12.4. The van der Waals surface area contributed by atoms with Gasteiger partial charge in [0.1, 0.15) is 17.1 Å². The minimum Gasteiger partial charge on any atom is -0.422 e. The molecule has 38 heavy (non-hydrogen) atoms. The monoisotopic (exact) mass is 521 g/mol. The third-order valence-electron chi connectivity index (χ3n) is 7.17. The average molecular weight is 522 g/mol. The van der Waals surface area contributed by atoms with Crippen LogP contribution in [-0.2, 0) is 23.2 Å². The predicted octanol–water partition coefficient (Wildman–Crippen LogP) is 5.40. The van der Waals surface area contributed by atoms with Crippen LogP contribution in [0.15, 0.2) is 90.3 Å². The summed E-state index contributed by atoms with van der Waals surface area (Å²) in [6.45, 7) is 2.29. The number of carbonyl (C=O) groups excluding carboxylic acids is 1. The number of fused-ring (bicyclic) bond motifs is 4. The number of aromatic nitrogens is 2. The van der Waals surface area contributed by atoms with Gasteiger partial charge in [0.2, 0.25) is 17.7 Å². The molecule has 6 rings (SSSR count). The Kier molecular flexibility index (Phi) is 5.70. The molecule has 0 radical (unpaired) electrons. The molecule has 1 amide bonds. The van der Waals surface area contributed by atoms with E-state index in [1.807, 2.05) is 79.7 Å². The van der Waals surface area contributed by atoms with Gasteiger partial charge in [-0.3, -0.25) is 4.79 Å². The second-order valence-corrected chi connectivity index (χ2v) is 9.73. The lowest BCUT2D eigenvalue weighted by molar-refractivity contribution is -0.121. The first kappa shape index (κ1) is 23.8. The van der Waals surface area contributed by atoms with E-state index in [0.29, 0.717) is 39.8 Å². The standard InChI is InChI=1S/C30H24ClN5O2/c1-2-10-24-26-28(36(34-24)20-12-4-3-5-13-20)38-27(33)22(17-32)30(26)21-14-7-9-16-25(21)35(29(30)37)18-19-11-6-8-15-23(19)31/h3-9,11-16H,2,10,18,33H2,1H3. The molecule has 7 nitrogen and oxygen atoms in total. The van der Waals surface area contributed by atoms with Crippen molar-refractivity contribution in [3.63, 3.8) is 0 Å². The van der Waals surface area contributed by atoms with Gasteiger partial charge in [-0.15, -0.1) is 0 Å². The van der Waals surface area contributed by atoms with Gasteiger partial charge in [-0.2, -0.15) is 10.4 Å². The summed E-state index contributed by atoms with van der Waals surface area (Å²) in [6, 6.07) is 26.7. The molecule has 2 aliphatic heterocycles. The normalized spacial score (nSPS) is 17.8. The van der Waals surface area contributed by atoms with Gasteiger partial charge in [0.15, 0.2) is 0 Å². The third-order valence-corrected chi connectivity index (χ3v) is 7.54. The smallest absolute Gasteiger partial charge is 0.248 e. The van der Waals surface area contributed by atoms with E-state index >= 15 is 0 Å². The zero-order valence-corrected chi connectivity index (χ0v) is 21.4. The number of aryl methyl sites for hydroxylation is 1. The van der Waals surface area contributed by atoms with Crippen LogP contribution in [0.25, 0.3) is 5.69 Å². The van der Waals surface area contributed by atoms with Crippen LogP contribution in [0.2, 0.25) is 5.02 Å². The molecule has 2 aliphatic rings. The Morgan fingerprint density at radius 3 is 2.50 bits per heavy atom. The van der Waals surface area contributed by atoms with Crippen LogP contribution in [-0.4, -0.2) is 15.7 Å². The third kappa shape index (κ3) is 3.27. The molecule has 3 heterocycles. The quantitative estimate of drug-likeness (QED) is 0.379. The number of benzene rings is 3. The van der Waals surface area contributed by atoms with E-state index in [-0.39, 0.29) is 23.9 Å². The summed E-state index contributed by atoms with van der Waals surface area (Å²) < 4.78 is 7.79. The van der Waals surface area contributed by atoms with Crippen molar-refractivity contribution in [3.05, 3.63) is 118 Å². The molecule has 0 saturated heterocycles. The van der Waals surface area contributed by atoms with Crippen LogP contribution in [0.1, 0.15) is 35.7 Å². The van der Waals surface area contributed by atoms with Crippen molar-refractivity contribution < 1.29 is 9.53 Å². The number of rotatable bonds is 5. The lowest BCUT2D eigenvalue weighted by atomic mass is 9.68. The molecule has 1 spiro atoms. The molecule has 0 aliphatic carbocycles. The number of nitrogens with zero attached hydrogens (tertiary/aromatic N) is 4. The average Bonchev–Trinajstić information content (AvgIpc) is 3.40. The summed E-state index contributed by atoms with van der Waals surface area (Å²) in [6.07, 6.45) is 1.38. The maximum Gasteiger partial charge on any atom is 0.248 e. The van der Waals surface area contributed by atoms with Gasteiger partial charge in [0.05, 0.1) is 23.5 Å². The van der Waals surface area contributed by atoms with Crippen molar-refractivity contribution in [3.8, 4) is 17.6 Å². The summed E-state index contributed by atoms with van der Waals surface area (Å²) in [7, 11) is 0. The number of halogens is 1. The topological polar surface area (TPSA) is 97.2 Å². The van der Waals surface area contributed by atoms with Crippen LogP contribution < -0.4 is 15.4 Å². The summed E-state index contributed by atoms with van der Waals surface area (Å²) in [5, 5.41) is 15.9. The zero-order valence-electron chi connectivity index (χ0n) is 20.7. The number of hydrogen-bond acceptors (Lipinski definition) is 5. The number of amides is 1. The van der Waals surface area contributed by atoms with Gasteiger partial charge in [-0.05, 0) is 36.2 Å². The van der Waals surface area contributed by atoms with Crippen molar-refractivity contribution in [2.24, 2.45) is 5.73 Å². The Hall–Kier alpha value is -4.54. The predicted molar refractivity (Wildman–Crippen MR) is 145 cm³/mol. The largest absolute Gasteiger partial charge is 0.422 e. The minimum absolute atomic E-state index is 0.0640. The molecule has 3 aromatic carbocycles. The van der Waals surface area contributed by atoms with Gasteiger partial charge in [0, 0.05) is 16.3 Å². The Labute approximate surface area is 225 Å². The number of nitriles is 1. The zero-order chi connectivity index (χ0) is 26.4. The van der Waals surface area contributed by atoms with Crippen molar-refractivity contribution >= 4 is 23.2 Å². The van der Waals surface area contributed by atoms with E-state index in [2.05, 4.69) is 6.07 Å². The highest BCUT2D eigenvalue weighted by Crippen LogP contribution is 2.57. The van der Waals surface area contributed by atoms with Gasteiger partial charge < -0.3 is 15.4 Å². The lowest BCUT2D eigenvalue weighted by Gasteiger charge is -2.33. The number of hydrogen-bond donors (Lipinski definition) is 1. The van der Waals surface area contributed by atoms with Crippen molar-refractivity contribution in [2.75, 3.05) is 4.90 Å². The van der Waals surface area contributed by atoms with Gasteiger partial charge >= 0.3 is 0 Å². The Morgan fingerprint density at radius 1 is 1.05 bits per heavy atom. The van der Waals surface area contributed by atoms with E-state index in [0.717, 1.165) is 17.7 Å². The molecule has 188 valence electrons. The highest BCUT2D eigenvalue weighted by atomic mass is 35.5. The van der Waals surface area contributed by atoms with Crippen molar-refractivity contribution in [1.29, 1.82) is 5.26 Å². The molecule has 2 N–H and O–H groups in total. The van der Waals surface area contributed by atoms with Crippen LogP contribution in [0, 0.1) is 11.3 Å². The van der Waals surface area contributed by atoms with Crippen LogP contribution in [0.3, 0.4) is 0 Å². The number of para-hydroxylation sites is 2. The van der Waals surface area contributed by atoms with E-state index in [1.165, 1.54) is 0 Å². The molecule has 1 atom stereocenters. The van der Waals surface area contributed by atoms with E-state index in [1.54, 1.807) is 15.6 Å².